The maximum atomic E-state index is 13.6. The lowest BCUT2D eigenvalue weighted by molar-refractivity contribution is -0.115. The predicted molar refractivity (Wildman–Crippen MR) is 135 cm³/mol. The molecule has 4 aromatic carbocycles. The zero-order valence-electron chi connectivity index (χ0n) is 18.0. The van der Waals surface area contributed by atoms with Crippen LogP contribution in [-0.4, -0.2) is 28.3 Å². The summed E-state index contributed by atoms with van der Waals surface area (Å²) in [6.07, 6.45) is 0. The summed E-state index contributed by atoms with van der Waals surface area (Å²) in [5, 5.41) is 3.05. The molecule has 0 atom stereocenters. The molecule has 33 heavy (non-hydrogen) atoms. The van der Waals surface area contributed by atoms with Gasteiger partial charge >= 0.3 is 0 Å². The number of aromatic nitrogens is 2. The number of fused-ring (bicyclic) bond motifs is 2. The molecule has 6 heteroatoms. The van der Waals surface area contributed by atoms with E-state index in [0.29, 0.717) is 16.1 Å². The molecule has 1 heterocycles. The smallest absolute Gasteiger partial charge is 0.266 e. The highest BCUT2D eigenvalue weighted by Crippen LogP contribution is 2.25. The molecule has 0 spiro atoms. The molecule has 0 unspecified atom stereocenters. The van der Waals surface area contributed by atoms with E-state index < -0.39 is 0 Å². The van der Waals surface area contributed by atoms with Crippen molar-refractivity contribution in [3.63, 3.8) is 0 Å². The lowest BCUT2D eigenvalue weighted by atomic mass is 10.1. The summed E-state index contributed by atoms with van der Waals surface area (Å²) in [6, 6.07) is 30.6. The van der Waals surface area contributed by atoms with Crippen LogP contribution >= 0.6 is 11.8 Å². The Balaban J connectivity index is 1.58. The van der Waals surface area contributed by atoms with Crippen molar-refractivity contribution in [2.75, 3.05) is 17.7 Å². The molecule has 5 rings (SSSR count). The highest BCUT2D eigenvalue weighted by Gasteiger charge is 2.17. The van der Waals surface area contributed by atoms with E-state index in [-0.39, 0.29) is 17.2 Å². The molecule has 5 aromatic rings. The van der Waals surface area contributed by atoms with Crippen LogP contribution in [0.3, 0.4) is 0 Å². The van der Waals surface area contributed by atoms with Crippen LogP contribution in [0.5, 0.6) is 0 Å². The SMILES string of the molecule is CN(C(=O)CSc1nc2cc3ccccc3cc2c(=O)n1-c1ccccc1)c1ccccc1. The van der Waals surface area contributed by atoms with Gasteiger partial charge in [0.2, 0.25) is 5.91 Å². The Morgan fingerprint density at radius 3 is 2.18 bits per heavy atom. The van der Waals surface area contributed by atoms with Gasteiger partial charge in [-0.25, -0.2) is 4.98 Å². The minimum atomic E-state index is -0.150. The Morgan fingerprint density at radius 1 is 0.879 bits per heavy atom. The maximum Gasteiger partial charge on any atom is 0.266 e. The summed E-state index contributed by atoms with van der Waals surface area (Å²) < 4.78 is 1.59. The third-order valence-electron chi connectivity index (χ3n) is 5.56. The van der Waals surface area contributed by atoms with E-state index >= 15 is 0 Å². The Kier molecular flexibility index (Phi) is 5.67. The zero-order chi connectivity index (χ0) is 22.8. The van der Waals surface area contributed by atoms with Gasteiger partial charge in [-0.1, -0.05) is 72.4 Å². The standard InChI is InChI=1S/C27H21N3O2S/c1-29(21-12-4-2-5-13-21)25(31)18-33-27-28-24-17-20-11-9-8-10-19(20)16-23(24)26(32)30(27)22-14-6-3-7-15-22/h2-17H,18H2,1H3. The van der Waals surface area contributed by atoms with Crippen molar-refractivity contribution in [3.8, 4) is 5.69 Å². The Labute approximate surface area is 195 Å². The molecular weight excluding hydrogens is 430 g/mol. The van der Waals surface area contributed by atoms with Gasteiger partial charge in [0.15, 0.2) is 5.16 Å². The number of anilines is 1. The first-order valence-electron chi connectivity index (χ1n) is 10.6. The number of carbonyl (C=O) groups excluding carboxylic acids is 1. The first kappa shape index (κ1) is 21.0. The Bertz CT molecular complexity index is 1520. The third-order valence-corrected chi connectivity index (χ3v) is 6.48. The Hall–Kier alpha value is -3.90. The number of nitrogens with zero attached hydrogens (tertiary/aromatic N) is 3. The molecule has 0 aliphatic rings. The molecule has 5 nitrogen and oxygen atoms in total. The number of carbonyl (C=O) groups is 1. The Morgan fingerprint density at radius 2 is 1.48 bits per heavy atom. The predicted octanol–water partition coefficient (Wildman–Crippen LogP) is 5.29. The minimum Gasteiger partial charge on any atom is -0.315 e. The van der Waals surface area contributed by atoms with Crippen LogP contribution in [0.25, 0.3) is 27.4 Å². The lowest BCUT2D eigenvalue weighted by Crippen LogP contribution is -2.28. The molecule has 0 saturated heterocycles. The highest BCUT2D eigenvalue weighted by molar-refractivity contribution is 7.99. The second kappa shape index (κ2) is 8.92. The van der Waals surface area contributed by atoms with Crippen LogP contribution in [-0.2, 0) is 4.79 Å². The molecule has 0 saturated carbocycles. The van der Waals surface area contributed by atoms with Crippen molar-refractivity contribution in [2.45, 2.75) is 5.16 Å². The molecule has 0 N–H and O–H groups in total. The topological polar surface area (TPSA) is 55.2 Å². The number of rotatable bonds is 5. The van der Waals surface area contributed by atoms with E-state index in [1.807, 2.05) is 97.1 Å². The number of para-hydroxylation sites is 2. The average Bonchev–Trinajstić information content (AvgIpc) is 2.87. The van der Waals surface area contributed by atoms with E-state index in [2.05, 4.69) is 0 Å². The number of amides is 1. The first-order valence-corrected chi connectivity index (χ1v) is 11.6. The van der Waals surface area contributed by atoms with E-state index in [1.165, 1.54) is 11.8 Å². The van der Waals surface area contributed by atoms with Crippen LogP contribution in [0, 0.1) is 0 Å². The van der Waals surface area contributed by atoms with Gasteiger partial charge < -0.3 is 4.90 Å². The maximum absolute atomic E-state index is 13.6. The summed E-state index contributed by atoms with van der Waals surface area (Å²) in [4.78, 5) is 32.9. The van der Waals surface area contributed by atoms with Gasteiger partial charge in [-0.05, 0) is 47.2 Å². The molecule has 1 aromatic heterocycles. The van der Waals surface area contributed by atoms with Gasteiger partial charge in [0.05, 0.1) is 22.3 Å². The lowest BCUT2D eigenvalue weighted by Gasteiger charge is -2.18. The van der Waals surface area contributed by atoms with Crippen LogP contribution in [0.15, 0.2) is 107 Å². The molecule has 0 fully saturated rings. The molecule has 0 radical (unpaired) electrons. The number of hydrogen-bond acceptors (Lipinski definition) is 4. The molecule has 1 amide bonds. The number of benzene rings is 4. The van der Waals surface area contributed by atoms with Crippen molar-refractivity contribution in [1.82, 2.24) is 9.55 Å². The van der Waals surface area contributed by atoms with Crippen molar-refractivity contribution in [3.05, 3.63) is 107 Å². The normalized spacial score (nSPS) is 11.1. The van der Waals surface area contributed by atoms with E-state index in [4.69, 9.17) is 4.98 Å². The molecule has 162 valence electrons. The van der Waals surface area contributed by atoms with Gasteiger partial charge in [0.25, 0.3) is 5.56 Å². The van der Waals surface area contributed by atoms with Crippen LogP contribution < -0.4 is 10.5 Å². The average molecular weight is 452 g/mol. The molecule has 0 aliphatic carbocycles. The second-order valence-corrected chi connectivity index (χ2v) is 8.61. The van der Waals surface area contributed by atoms with Crippen LogP contribution in [0.1, 0.15) is 0 Å². The first-order chi connectivity index (χ1) is 16.1. The van der Waals surface area contributed by atoms with E-state index in [0.717, 1.165) is 22.1 Å². The van der Waals surface area contributed by atoms with Gasteiger partial charge in [-0.15, -0.1) is 0 Å². The fourth-order valence-corrected chi connectivity index (χ4v) is 4.70. The molecule has 0 aliphatic heterocycles. The van der Waals surface area contributed by atoms with Crippen molar-refractivity contribution in [1.29, 1.82) is 0 Å². The van der Waals surface area contributed by atoms with Crippen LogP contribution in [0.4, 0.5) is 5.69 Å². The highest BCUT2D eigenvalue weighted by atomic mass is 32.2. The van der Waals surface area contributed by atoms with Gasteiger partial charge in [-0.3, -0.25) is 14.2 Å². The quantitative estimate of drug-likeness (QED) is 0.207. The minimum absolute atomic E-state index is 0.0707. The van der Waals surface area contributed by atoms with E-state index in [9.17, 15) is 9.59 Å². The fourth-order valence-electron chi connectivity index (χ4n) is 3.77. The van der Waals surface area contributed by atoms with Gasteiger partial charge in [0, 0.05) is 12.7 Å². The van der Waals surface area contributed by atoms with Crippen molar-refractivity contribution in [2.24, 2.45) is 0 Å². The van der Waals surface area contributed by atoms with Crippen molar-refractivity contribution >= 4 is 45.0 Å². The monoisotopic (exact) mass is 451 g/mol. The summed E-state index contributed by atoms with van der Waals surface area (Å²) in [5.74, 6) is 0.0858. The third kappa shape index (κ3) is 4.13. The zero-order valence-corrected chi connectivity index (χ0v) is 18.8. The summed E-state index contributed by atoms with van der Waals surface area (Å²) in [5.41, 5.74) is 2.01. The number of hydrogen-bond donors (Lipinski definition) is 0. The second-order valence-electron chi connectivity index (χ2n) is 7.66. The van der Waals surface area contributed by atoms with Crippen molar-refractivity contribution < 1.29 is 4.79 Å². The summed E-state index contributed by atoms with van der Waals surface area (Å²) >= 11 is 1.27. The largest absolute Gasteiger partial charge is 0.315 e. The molecule has 0 bridgehead atoms. The fraction of sp³-hybridized carbons (Fsp3) is 0.0741. The van der Waals surface area contributed by atoms with Gasteiger partial charge in [-0.2, -0.15) is 0 Å². The molecular formula is C27H21N3O2S. The summed E-state index contributed by atoms with van der Waals surface area (Å²) in [7, 11) is 1.75. The van der Waals surface area contributed by atoms with Crippen LogP contribution in [0.2, 0.25) is 0 Å². The van der Waals surface area contributed by atoms with E-state index in [1.54, 1.807) is 16.5 Å². The van der Waals surface area contributed by atoms with Gasteiger partial charge in [0.1, 0.15) is 0 Å². The number of thioether (sulfide) groups is 1. The summed E-state index contributed by atoms with van der Waals surface area (Å²) in [6.45, 7) is 0.